The molecule has 3 N–H and O–H groups in total. The van der Waals surface area contributed by atoms with Gasteiger partial charge < -0.3 is 16.0 Å². The number of fused-ring (bicyclic) bond motifs is 1. The normalized spacial score (nSPS) is 17.8. The first-order valence-electron chi connectivity index (χ1n) is 10.5. The molecule has 1 saturated carbocycles. The molecule has 2 aromatic rings. The van der Waals surface area contributed by atoms with Crippen molar-refractivity contribution in [1.29, 1.82) is 0 Å². The zero-order chi connectivity index (χ0) is 21.1. The number of anilines is 2. The Morgan fingerprint density at radius 3 is 2.63 bits per heavy atom. The van der Waals surface area contributed by atoms with E-state index in [1.807, 2.05) is 5.38 Å². The van der Waals surface area contributed by atoms with Gasteiger partial charge >= 0.3 is 0 Å². The molecule has 0 spiro atoms. The summed E-state index contributed by atoms with van der Waals surface area (Å²) in [4.78, 5) is 43.3. The van der Waals surface area contributed by atoms with Gasteiger partial charge in [-0.15, -0.1) is 22.7 Å². The number of nitrogens with one attached hydrogen (secondary N) is 3. The quantitative estimate of drug-likeness (QED) is 0.537. The number of thiophene rings is 1. The monoisotopic (exact) mass is 446 g/mol. The minimum absolute atomic E-state index is 0.00531. The van der Waals surface area contributed by atoms with Gasteiger partial charge in [0.05, 0.1) is 5.56 Å². The van der Waals surface area contributed by atoms with E-state index in [0.717, 1.165) is 49.0 Å². The first-order chi connectivity index (χ1) is 14.6. The fraction of sp³-hybridized carbons (Fsp3) is 0.524. The molecule has 0 radical (unpaired) electrons. The second kappa shape index (κ2) is 9.26. The van der Waals surface area contributed by atoms with Gasteiger partial charge in [0.25, 0.3) is 5.91 Å². The van der Waals surface area contributed by atoms with E-state index in [2.05, 4.69) is 27.9 Å². The summed E-state index contributed by atoms with van der Waals surface area (Å²) in [6.45, 7) is 2.68. The summed E-state index contributed by atoms with van der Waals surface area (Å²) in [7, 11) is 0. The number of carbonyl (C=O) groups is 3. The first-order valence-corrected chi connectivity index (χ1v) is 12.2. The lowest BCUT2D eigenvalue weighted by molar-refractivity contribution is -0.120. The topological polar surface area (TPSA) is 100 Å². The van der Waals surface area contributed by atoms with Gasteiger partial charge in [0.2, 0.25) is 11.8 Å². The molecule has 0 aliphatic heterocycles. The van der Waals surface area contributed by atoms with Crippen LogP contribution in [0.4, 0.5) is 10.1 Å². The largest absolute Gasteiger partial charge is 0.352 e. The number of nitrogens with zero attached hydrogens (tertiary/aromatic N) is 1. The van der Waals surface area contributed by atoms with Gasteiger partial charge in [0.1, 0.15) is 5.00 Å². The number of unbranched alkanes of at least 4 members (excludes halogenated alkanes) is 1. The van der Waals surface area contributed by atoms with E-state index in [-0.39, 0.29) is 29.6 Å². The Balaban J connectivity index is 1.55. The molecule has 7 nitrogen and oxygen atoms in total. The van der Waals surface area contributed by atoms with Crippen molar-refractivity contribution in [1.82, 2.24) is 10.3 Å². The number of hydrogen-bond acceptors (Lipinski definition) is 6. The summed E-state index contributed by atoms with van der Waals surface area (Å²) >= 11 is 2.87. The van der Waals surface area contributed by atoms with E-state index in [9.17, 15) is 14.4 Å². The molecule has 1 fully saturated rings. The summed E-state index contributed by atoms with van der Waals surface area (Å²) in [5.74, 6) is -0.382. The third-order valence-electron chi connectivity index (χ3n) is 5.52. The maximum Gasteiger partial charge on any atom is 0.254 e. The average molecular weight is 447 g/mol. The second-order valence-corrected chi connectivity index (χ2v) is 9.85. The highest BCUT2D eigenvalue weighted by atomic mass is 32.1. The molecular weight excluding hydrogens is 420 g/mol. The van der Waals surface area contributed by atoms with Crippen molar-refractivity contribution < 1.29 is 14.4 Å². The number of carbonyl (C=O) groups excluding carboxylic acids is 3. The third kappa shape index (κ3) is 4.73. The molecule has 9 heteroatoms. The van der Waals surface area contributed by atoms with Crippen molar-refractivity contribution in [2.75, 3.05) is 17.2 Å². The number of aromatic nitrogens is 1. The van der Waals surface area contributed by atoms with Gasteiger partial charge in [-0.1, -0.05) is 13.3 Å². The van der Waals surface area contributed by atoms with Crippen LogP contribution in [-0.4, -0.2) is 29.3 Å². The van der Waals surface area contributed by atoms with Gasteiger partial charge in [0, 0.05) is 34.8 Å². The van der Waals surface area contributed by atoms with Gasteiger partial charge in [-0.3, -0.25) is 14.4 Å². The van der Waals surface area contributed by atoms with Crippen LogP contribution in [0, 0.1) is 11.8 Å². The molecule has 160 valence electrons. The summed E-state index contributed by atoms with van der Waals surface area (Å²) in [5.41, 5.74) is 1.46. The highest BCUT2D eigenvalue weighted by Gasteiger charge is 2.35. The lowest BCUT2D eigenvalue weighted by atomic mass is 9.85. The molecular formula is C21H26N4O3S2. The SMILES string of the molecule is CCCCNC(=O)c1c(NC(=O)C2CC2)sc2c1CC(C(=O)Nc1nccs1)CC2. The molecule has 2 aliphatic rings. The van der Waals surface area contributed by atoms with Crippen molar-refractivity contribution in [2.24, 2.45) is 11.8 Å². The Morgan fingerprint density at radius 1 is 1.13 bits per heavy atom. The predicted molar refractivity (Wildman–Crippen MR) is 119 cm³/mol. The van der Waals surface area contributed by atoms with Crippen LogP contribution in [0.3, 0.4) is 0 Å². The summed E-state index contributed by atoms with van der Waals surface area (Å²) in [5, 5.41) is 11.9. The van der Waals surface area contributed by atoms with Crippen molar-refractivity contribution in [3.63, 3.8) is 0 Å². The molecule has 1 atom stereocenters. The van der Waals surface area contributed by atoms with E-state index in [1.165, 1.54) is 22.7 Å². The minimum Gasteiger partial charge on any atom is -0.352 e. The first kappa shape index (κ1) is 21.0. The zero-order valence-electron chi connectivity index (χ0n) is 17.0. The highest BCUT2D eigenvalue weighted by Crippen LogP contribution is 2.41. The molecule has 3 amide bonds. The smallest absolute Gasteiger partial charge is 0.254 e. The molecule has 2 heterocycles. The van der Waals surface area contributed by atoms with E-state index in [0.29, 0.717) is 28.7 Å². The second-order valence-electron chi connectivity index (χ2n) is 7.85. The molecule has 0 aromatic carbocycles. The number of aryl methyl sites for hydroxylation is 1. The van der Waals surface area contributed by atoms with Gasteiger partial charge in [-0.2, -0.15) is 0 Å². The zero-order valence-corrected chi connectivity index (χ0v) is 18.6. The average Bonchev–Trinajstić information content (AvgIpc) is 3.35. The van der Waals surface area contributed by atoms with E-state index >= 15 is 0 Å². The van der Waals surface area contributed by atoms with Crippen molar-refractivity contribution in [3.8, 4) is 0 Å². The van der Waals surface area contributed by atoms with E-state index in [1.54, 1.807) is 6.20 Å². The van der Waals surface area contributed by atoms with Crippen LogP contribution in [0.2, 0.25) is 0 Å². The predicted octanol–water partition coefficient (Wildman–Crippen LogP) is 3.83. The summed E-state index contributed by atoms with van der Waals surface area (Å²) in [6.07, 6.45) is 7.32. The number of rotatable bonds is 8. The maximum atomic E-state index is 13.0. The number of thiazole rings is 1. The molecule has 2 aromatic heterocycles. The molecule has 0 bridgehead atoms. The Hall–Kier alpha value is -2.26. The Morgan fingerprint density at radius 2 is 1.93 bits per heavy atom. The fourth-order valence-electron chi connectivity index (χ4n) is 3.66. The van der Waals surface area contributed by atoms with Crippen LogP contribution >= 0.6 is 22.7 Å². The van der Waals surface area contributed by atoms with Gasteiger partial charge in [0.15, 0.2) is 5.13 Å². The van der Waals surface area contributed by atoms with Crippen LogP contribution in [0.1, 0.15) is 59.8 Å². The van der Waals surface area contributed by atoms with Crippen molar-refractivity contribution in [2.45, 2.75) is 51.9 Å². The third-order valence-corrected chi connectivity index (χ3v) is 7.42. The summed E-state index contributed by atoms with van der Waals surface area (Å²) in [6, 6.07) is 0. The van der Waals surface area contributed by atoms with Crippen molar-refractivity contribution in [3.05, 3.63) is 27.6 Å². The lowest BCUT2D eigenvalue weighted by Gasteiger charge is -2.22. The lowest BCUT2D eigenvalue weighted by Crippen LogP contribution is -2.30. The van der Waals surface area contributed by atoms with E-state index in [4.69, 9.17) is 0 Å². The van der Waals surface area contributed by atoms with Crippen LogP contribution in [0.5, 0.6) is 0 Å². The van der Waals surface area contributed by atoms with Crippen LogP contribution in [-0.2, 0) is 22.4 Å². The Kier molecular flexibility index (Phi) is 6.48. The molecule has 2 aliphatic carbocycles. The maximum absolute atomic E-state index is 13.0. The van der Waals surface area contributed by atoms with Crippen molar-refractivity contribution >= 4 is 50.5 Å². The number of hydrogen-bond donors (Lipinski definition) is 3. The fourth-order valence-corrected chi connectivity index (χ4v) is 5.43. The van der Waals surface area contributed by atoms with Crippen LogP contribution in [0.15, 0.2) is 11.6 Å². The van der Waals surface area contributed by atoms with Crippen LogP contribution < -0.4 is 16.0 Å². The molecule has 1 unspecified atom stereocenters. The van der Waals surface area contributed by atoms with Crippen LogP contribution in [0.25, 0.3) is 0 Å². The Labute approximate surface area is 183 Å². The molecule has 30 heavy (non-hydrogen) atoms. The summed E-state index contributed by atoms with van der Waals surface area (Å²) < 4.78 is 0. The highest BCUT2D eigenvalue weighted by molar-refractivity contribution is 7.17. The molecule has 0 saturated heterocycles. The van der Waals surface area contributed by atoms with Gasteiger partial charge in [-0.25, -0.2) is 4.98 Å². The number of amides is 3. The minimum atomic E-state index is -0.217. The van der Waals surface area contributed by atoms with E-state index < -0.39 is 0 Å². The standard InChI is InChI=1S/C21H26N4O3S2/c1-2-3-8-22-19(28)16-14-11-13(18(27)25-21-23-9-10-29-21)6-7-15(14)30-20(16)24-17(26)12-4-5-12/h9-10,12-13H,2-8,11H2,1H3,(H,22,28)(H,24,26)(H,23,25,27). The molecule has 4 rings (SSSR count). The van der Waals surface area contributed by atoms with Gasteiger partial charge in [-0.05, 0) is 44.1 Å². The Bertz CT molecular complexity index is 934.